The molecule has 1 aromatic heterocycles. The maximum atomic E-state index is 5.38. The molecule has 0 amide bonds. The Morgan fingerprint density at radius 1 is 1.64 bits per heavy atom. The maximum Gasteiger partial charge on any atom is 0.131 e. The van der Waals surface area contributed by atoms with Gasteiger partial charge in [0.05, 0.1) is 0 Å². The highest BCUT2D eigenvalue weighted by molar-refractivity contribution is 5.34. The molecular weight excluding hydrogens is 140 g/mol. The van der Waals surface area contributed by atoms with E-state index in [1.807, 2.05) is 18.0 Å². The molecule has 0 aliphatic heterocycles. The summed E-state index contributed by atoms with van der Waals surface area (Å²) < 4.78 is 0. The summed E-state index contributed by atoms with van der Waals surface area (Å²) in [5.41, 5.74) is 5.38. The minimum atomic E-state index is 0.639. The van der Waals surface area contributed by atoms with E-state index in [0.29, 0.717) is 6.54 Å². The van der Waals surface area contributed by atoms with Crippen LogP contribution in [0, 0.1) is 0 Å². The van der Waals surface area contributed by atoms with Crippen LogP contribution < -0.4 is 10.6 Å². The number of anilines is 1. The fraction of sp³-hybridized carbons (Fsp3) is 0.429. The van der Waals surface area contributed by atoms with Crippen molar-refractivity contribution in [2.45, 2.75) is 0 Å². The molecule has 1 heterocycles. The molecule has 0 fully saturated rings. The van der Waals surface area contributed by atoms with Crippen molar-refractivity contribution in [3.05, 3.63) is 18.6 Å². The van der Waals surface area contributed by atoms with E-state index in [4.69, 9.17) is 5.73 Å². The van der Waals surface area contributed by atoms with Crippen molar-refractivity contribution in [2.75, 3.05) is 25.0 Å². The van der Waals surface area contributed by atoms with Gasteiger partial charge in [-0.2, -0.15) is 0 Å². The number of hydrogen-bond donors (Lipinski definition) is 1. The van der Waals surface area contributed by atoms with Gasteiger partial charge in [0.25, 0.3) is 0 Å². The summed E-state index contributed by atoms with van der Waals surface area (Å²) in [5, 5.41) is 0. The van der Waals surface area contributed by atoms with Gasteiger partial charge < -0.3 is 10.6 Å². The van der Waals surface area contributed by atoms with Gasteiger partial charge in [-0.3, -0.25) is 0 Å². The van der Waals surface area contributed by atoms with Crippen molar-refractivity contribution < 1.29 is 0 Å². The Balaban J connectivity index is 2.61. The molecule has 0 aliphatic rings. The second kappa shape index (κ2) is 3.88. The molecule has 0 spiro atoms. The van der Waals surface area contributed by atoms with Gasteiger partial charge in [0.2, 0.25) is 0 Å². The second-order valence-corrected chi connectivity index (χ2v) is 2.28. The summed E-state index contributed by atoms with van der Waals surface area (Å²) in [6.45, 7) is 1.46. The van der Waals surface area contributed by atoms with Crippen molar-refractivity contribution in [1.29, 1.82) is 0 Å². The van der Waals surface area contributed by atoms with Crippen molar-refractivity contribution >= 4 is 5.82 Å². The summed E-state index contributed by atoms with van der Waals surface area (Å²) in [4.78, 5) is 9.86. The molecule has 0 saturated carbocycles. The monoisotopic (exact) mass is 152 g/mol. The van der Waals surface area contributed by atoms with E-state index in [-0.39, 0.29) is 0 Å². The van der Waals surface area contributed by atoms with E-state index >= 15 is 0 Å². The Kier molecular flexibility index (Phi) is 2.80. The summed E-state index contributed by atoms with van der Waals surface area (Å²) in [5.74, 6) is 0.908. The molecule has 60 valence electrons. The molecule has 2 N–H and O–H groups in total. The van der Waals surface area contributed by atoms with Crippen LogP contribution in [-0.4, -0.2) is 30.1 Å². The molecule has 0 saturated heterocycles. The first-order chi connectivity index (χ1) is 5.34. The first kappa shape index (κ1) is 7.94. The van der Waals surface area contributed by atoms with Gasteiger partial charge in [-0.25, -0.2) is 9.97 Å². The molecule has 4 heteroatoms. The first-order valence-electron chi connectivity index (χ1n) is 3.52. The third-order valence-electron chi connectivity index (χ3n) is 1.42. The van der Waals surface area contributed by atoms with Gasteiger partial charge in [0.1, 0.15) is 12.1 Å². The van der Waals surface area contributed by atoms with Crippen LogP contribution >= 0.6 is 0 Å². The molecule has 1 aromatic rings. The van der Waals surface area contributed by atoms with Crippen LogP contribution in [0.4, 0.5) is 5.82 Å². The van der Waals surface area contributed by atoms with E-state index in [1.165, 1.54) is 6.33 Å². The SMILES string of the molecule is CN(CCN)c1ccncn1. The number of likely N-dealkylation sites (N-methyl/N-ethyl adjacent to an activating group) is 1. The Hall–Kier alpha value is -1.16. The van der Waals surface area contributed by atoms with Crippen LogP contribution in [0.25, 0.3) is 0 Å². The standard InChI is InChI=1S/C7H12N4/c1-11(5-3-8)7-2-4-9-6-10-7/h2,4,6H,3,5,8H2,1H3. The highest BCUT2D eigenvalue weighted by Crippen LogP contribution is 2.03. The first-order valence-corrected chi connectivity index (χ1v) is 3.52. The molecule has 1 rings (SSSR count). The fourth-order valence-electron chi connectivity index (χ4n) is 0.818. The number of aromatic nitrogens is 2. The van der Waals surface area contributed by atoms with E-state index in [2.05, 4.69) is 9.97 Å². The lowest BCUT2D eigenvalue weighted by atomic mass is 10.5. The van der Waals surface area contributed by atoms with Gasteiger partial charge in [-0.15, -0.1) is 0 Å². The van der Waals surface area contributed by atoms with Crippen LogP contribution in [0.1, 0.15) is 0 Å². The lowest BCUT2D eigenvalue weighted by molar-refractivity contribution is 0.864. The summed E-state index contributed by atoms with van der Waals surface area (Å²) in [7, 11) is 1.95. The molecule has 11 heavy (non-hydrogen) atoms. The molecule has 0 bridgehead atoms. The van der Waals surface area contributed by atoms with Gasteiger partial charge in [-0.05, 0) is 6.07 Å². The van der Waals surface area contributed by atoms with Crippen LogP contribution in [0.2, 0.25) is 0 Å². The summed E-state index contributed by atoms with van der Waals surface area (Å²) in [6.07, 6.45) is 3.25. The zero-order valence-corrected chi connectivity index (χ0v) is 6.57. The molecule has 0 aromatic carbocycles. The Morgan fingerprint density at radius 2 is 2.45 bits per heavy atom. The zero-order chi connectivity index (χ0) is 8.10. The molecule has 0 unspecified atom stereocenters. The Morgan fingerprint density at radius 3 is 3.00 bits per heavy atom. The number of nitrogens with two attached hydrogens (primary N) is 1. The van der Waals surface area contributed by atoms with Crippen LogP contribution in [0.5, 0.6) is 0 Å². The Labute approximate surface area is 66.1 Å². The van der Waals surface area contributed by atoms with Crippen molar-refractivity contribution in [2.24, 2.45) is 5.73 Å². The third kappa shape index (κ3) is 2.16. The van der Waals surface area contributed by atoms with Crippen LogP contribution in [-0.2, 0) is 0 Å². The fourth-order valence-corrected chi connectivity index (χ4v) is 0.818. The second-order valence-electron chi connectivity index (χ2n) is 2.28. The van der Waals surface area contributed by atoms with E-state index < -0.39 is 0 Å². The minimum absolute atomic E-state index is 0.639. The lowest BCUT2D eigenvalue weighted by Gasteiger charge is -2.15. The smallest absolute Gasteiger partial charge is 0.131 e. The molecule has 0 aliphatic carbocycles. The topological polar surface area (TPSA) is 55.0 Å². The normalized spacial score (nSPS) is 9.64. The van der Waals surface area contributed by atoms with Crippen molar-refractivity contribution in [3.8, 4) is 0 Å². The van der Waals surface area contributed by atoms with Gasteiger partial charge in [0.15, 0.2) is 0 Å². The lowest BCUT2D eigenvalue weighted by Crippen LogP contribution is -2.25. The molecular formula is C7H12N4. The largest absolute Gasteiger partial charge is 0.358 e. The van der Waals surface area contributed by atoms with Crippen LogP contribution in [0.15, 0.2) is 18.6 Å². The number of nitrogens with zero attached hydrogens (tertiary/aromatic N) is 3. The van der Waals surface area contributed by atoms with Gasteiger partial charge in [-0.1, -0.05) is 0 Å². The number of hydrogen-bond acceptors (Lipinski definition) is 4. The predicted molar refractivity (Wildman–Crippen MR) is 44.4 cm³/mol. The summed E-state index contributed by atoms with van der Waals surface area (Å²) in [6, 6.07) is 1.86. The van der Waals surface area contributed by atoms with E-state index in [9.17, 15) is 0 Å². The summed E-state index contributed by atoms with van der Waals surface area (Å²) >= 11 is 0. The third-order valence-corrected chi connectivity index (χ3v) is 1.42. The highest BCUT2D eigenvalue weighted by Gasteiger charge is 1.97. The molecule has 0 radical (unpaired) electrons. The van der Waals surface area contributed by atoms with Crippen molar-refractivity contribution in [1.82, 2.24) is 9.97 Å². The maximum absolute atomic E-state index is 5.38. The van der Waals surface area contributed by atoms with Crippen molar-refractivity contribution in [3.63, 3.8) is 0 Å². The van der Waals surface area contributed by atoms with Gasteiger partial charge in [0, 0.05) is 26.3 Å². The molecule has 4 nitrogen and oxygen atoms in total. The van der Waals surface area contributed by atoms with E-state index in [0.717, 1.165) is 12.4 Å². The minimum Gasteiger partial charge on any atom is -0.358 e. The zero-order valence-electron chi connectivity index (χ0n) is 6.57. The average Bonchev–Trinajstić information content (AvgIpc) is 2.07. The average molecular weight is 152 g/mol. The predicted octanol–water partition coefficient (Wildman–Crippen LogP) is -0.129. The Bertz CT molecular complexity index is 199. The number of rotatable bonds is 3. The quantitative estimate of drug-likeness (QED) is 0.655. The molecule has 0 atom stereocenters. The highest BCUT2D eigenvalue weighted by atomic mass is 15.2. The van der Waals surface area contributed by atoms with Gasteiger partial charge >= 0.3 is 0 Å². The van der Waals surface area contributed by atoms with Crippen LogP contribution in [0.3, 0.4) is 0 Å². The van der Waals surface area contributed by atoms with E-state index in [1.54, 1.807) is 6.20 Å².